The third-order valence-electron chi connectivity index (χ3n) is 3.84. The van der Waals surface area contributed by atoms with Crippen molar-refractivity contribution in [1.82, 2.24) is 4.90 Å². The van der Waals surface area contributed by atoms with Gasteiger partial charge < -0.3 is 10.2 Å². The Labute approximate surface area is 131 Å². The van der Waals surface area contributed by atoms with Crippen molar-refractivity contribution in [2.75, 3.05) is 29.9 Å². The van der Waals surface area contributed by atoms with Crippen LogP contribution in [0.1, 0.15) is 19.8 Å². The van der Waals surface area contributed by atoms with E-state index < -0.39 is 10.0 Å². The summed E-state index contributed by atoms with van der Waals surface area (Å²) >= 11 is 6.13. The Hall–Kier alpha value is -0.980. The maximum atomic E-state index is 11.2. The van der Waals surface area contributed by atoms with E-state index in [0.29, 0.717) is 22.8 Å². The summed E-state index contributed by atoms with van der Waals surface area (Å²) in [5, 5.41) is 3.87. The van der Waals surface area contributed by atoms with Crippen LogP contribution in [-0.4, -0.2) is 45.2 Å². The molecule has 1 aliphatic rings. The monoisotopic (exact) mass is 331 g/mol. The predicted molar refractivity (Wildman–Crippen MR) is 88.7 cm³/mol. The van der Waals surface area contributed by atoms with E-state index in [9.17, 15) is 8.42 Å². The van der Waals surface area contributed by atoms with Gasteiger partial charge in [-0.25, -0.2) is 8.42 Å². The molecule has 1 aromatic carbocycles. The average Bonchev–Trinajstić information content (AvgIpc) is 2.36. The summed E-state index contributed by atoms with van der Waals surface area (Å²) in [6.45, 7) is 3.29. The van der Waals surface area contributed by atoms with E-state index in [1.54, 1.807) is 12.1 Å². The molecule has 7 heteroatoms. The molecule has 2 N–H and O–H groups in total. The number of hydrogen-bond donors (Lipinski definition) is 2. The molecule has 118 valence electrons. The van der Waals surface area contributed by atoms with E-state index >= 15 is 0 Å². The minimum absolute atomic E-state index is 0.395. The van der Waals surface area contributed by atoms with E-state index in [4.69, 9.17) is 11.6 Å². The lowest BCUT2D eigenvalue weighted by atomic mass is 9.98. The van der Waals surface area contributed by atoms with Gasteiger partial charge in [-0.1, -0.05) is 11.6 Å². The number of piperidine rings is 1. The van der Waals surface area contributed by atoms with Crippen molar-refractivity contribution >= 4 is 33.0 Å². The summed E-state index contributed by atoms with van der Waals surface area (Å²) in [6.07, 6.45) is 3.27. The average molecular weight is 332 g/mol. The molecule has 0 spiro atoms. The zero-order chi connectivity index (χ0) is 15.6. The fourth-order valence-electron chi connectivity index (χ4n) is 2.54. The maximum absolute atomic E-state index is 11.2. The van der Waals surface area contributed by atoms with Crippen LogP contribution in [0.3, 0.4) is 0 Å². The summed E-state index contributed by atoms with van der Waals surface area (Å²) in [7, 11) is -1.17. The van der Waals surface area contributed by atoms with E-state index in [1.807, 2.05) is 6.07 Å². The second-order valence-electron chi connectivity index (χ2n) is 5.76. The second kappa shape index (κ2) is 6.42. The Morgan fingerprint density at radius 3 is 2.67 bits per heavy atom. The van der Waals surface area contributed by atoms with E-state index in [-0.39, 0.29) is 0 Å². The number of sulfonamides is 1. The number of rotatable bonds is 4. The number of anilines is 2. The molecular formula is C14H22ClN3O2S. The minimum atomic E-state index is -3.31. The van der Waals surface area contributed by atoms with E-state index in [0.717, 1.165) is 31.3 Å². The van der Waals surface area contributed by atoms with Crippen molar-refractivity contribution in [3.63, 3.8) is 0 Å². The molecule has 1 fully saturated rings. The highest BCUT2D eigenvalue weighted by Gasteiger charge is 2.22. The van der Waals surface area contributed by atoms with Crippen LogP contribution in [0.25, 0.3) is 0 Å². The molecule has 2 atom stereocenters. The van der Waals surface area contributed by atoms with Crippen molar-refractivity contribution in [3.8, 4) is 0 Å². The molecule has 0 saturated carbocycles. The van der Waals surface area contributed by atoms with Gasteiger partial charge in [0, 0.05) is 24.3 Å². The number of likely N-dealkylation sites (tertiary alicyclic amines) is 1. The van der Waals surface area contributed by atoms with Gasteiger partial charge in [0.1, 0.15) is 0 Å². The van der Waals surface area contributed by atoms with Crippen LogP contribution in [0.4, 0.5) is 11.4 Å². The van der Waals surface area contributed by atoms with Gasteiger partial charge >= 0.3 is 0 Å². The van der Waals surface area contributed by atoms with Crippen LogP contribution in [0, 0.1) is 0 Å². The summed E-state index contributed by atoms with van der Waals surface area (Å²) < 4.78 is 24.9. The first kappa shape index (κ1) is 16.4. The van der Waals surface area contributed by atoms with Crippen LogP contribution in [0.15, 0.2) is 18.2 Å². The molecule has 2 rings (SSSR count). The van der Waals surface area contributed by atoms with E-state index in [1.165, 1.54) is 0 Å². The molecule has 5 nitrogen and oxygen atoms in total. The lowest BCUT2D eigenvalue weighted by Crippen LogP contribution is -2.42. The van der Waals surface area contributed by atoms with Gasteiger partial charge in [-0.3, -0.25) is 4.72 Å². The van der Waals surface area contributed by atoms with Crippen LogP contribution >= 0.6 is 11.6 Å². The lowest BCUT2D eigenvalue weighted by molar-refractivity contribution is 0.190. The van der Waals surface area contributed by atoms with E-state index in [2.05, 4.69) is 28.9 Å². The van der Waals surface area contributed by atoms with Crippen LogP contribution < -0.4 is 10.0 Å². The zero-order valence-corrected chi connectivity index (χ0v) is 14.1. The highest BCUT2D eigenvalue weighted by Crippen LogP contribution is 2.28. The molecule has 1 heterocycles. The van der Waals surface area contributed by atoms with Crippen molar-refractivity contribution in [2.45, 2.75) is 31.8 Å². The first-order valence-electron chi connectivity index (χ1n) is 6.99. The van der Waals surface area contributed by atoms with Gasteiger partial charge in [-0.2, -0.15) is 0 Å². The molecule has 2 unspecified atom stereocenters. The Morgan fingerprint density at radius 1 is 1.38 bits per heavy atom. The Kier molecular flexibility index (Phi) is 5.01. The van der Waals surface area contributed by atoms with Crippen molar-refractivity contribution in [3.05, 3.63) is 23.2 Å². The van der Waals surface area contributed by atoms with Crippen molar-refractivity contribution < 1.29 is 8.42 Å². The summed E-state index contributed by atoms with van der Waals surface area (Å²) in [4.78, 5) is 2.35. The molecule has 1 aromatic rings. The Morgan fingerprint density at radius 2 is 2.10 bits per heavy atom. The molecule has 0 bridgehead atoms. The highest BCUT2D eigenvalue weighted by atomic mass is 35.5. The third kappa shape index (κ3) is 4.76. The Balaban J connectivity index is 2.04. The van der Waals surface area contributed by atoms with Crippen molar-refractivity contribution in [2.24, 2.45) is 0 Å². The molecule has 0 amide bonds. The van der Waals surface area contributed by atoms with Crippen LogP contribution in [-0.2, 0) is 10.0 Å². The third-order valence-corrected chi connectivity index (χ3v) is 4.75. The number of hydrogen-bond acceptors (Lipinski definition) is 4. The second-order valence-corrected chi connectivity index (χ2v) is 7.92. The number of nitrogens with zero attached hydrogens (tertiary/aromatic N) is 1. The normalized spacial score (nSPS) is 23.8. The largest absolute Gasteiger partial charge is 0.382 e. The molecule has 0 aromatic heterocycles. The van der Waals surface area contributed by atoms with Crippen LogP contribution in [0.5, 0.6) is 0 Å². The smallest absolute Gasteiger partial charge is 0.229 e. The van der Waals surface area contributed by atoms with Crippen molar-refractivity contribution in [1.29, 1.82) is 0 Å². The fourth-order valence-corrected chi connectivity index (χ4v) is 3.40. The van der Waals surface area contributed by atoms with Gasteiger partial charge in [-0.05, 0) is 45.0 Å². The molecule has 0 aliphatic carbocycles. The number of nitrogens with one attached hydrogen (secondary N) is 2. The number of benzene rings is 1. The molecular weight excluding hydrogens is 310 g/mol. The lowest BCUT2D eigenvalue weighted by Gasteiger charge is -2.35. The number of halogens is 1. The summed E-state index contributed by atoms with van der Waals surface area (Å²) in [5.74, 6) is 0. The topological polar surface area (TPSA) is 61.4 Å². The maximum Gasteiger partial charge on any atom is 0.229 e. The van der Waals surface area contributed by atoms with Gasteiger partial charge in [-0.15, -0.1) is 0 Å². The predicted octanol–water partition coefficient (Wildman–Crippen LogP) is 2.61. The first-order chi connectivity index (χ1) is 9.74. The van der Waals surface area contributed by atoms with Gasteiger partial charge in [0.15, 0.2) is 0 Å². The van der Waals surface area contributed by atoms with Crippen LogP contribution in [0.2, 0.25) is 5.02 Å². The summed E-state index contributed by atoms with van der Waals surface area (Å²) in [6, 6.07) is 6.27. The zero-order valence-electron chi connectivity index (χ0n) is 12.6. The molecule has 1 aliphatic heterocycles. The summed E-state index contributed by atoms with van der Waals surface area (Å²) in [5.41, 5.74) is 1.32. The molecule has 0 radical (unpaired) electrons. The van der Waals surface area contributed by atoms with Gasteiger partial charge in [0.25, 0.3) is 0 Å². The fraction of sp³-hybridized carbons (Fsp3) is 0.571. The standard InChI is InChI=1S/C14H22ClN3O2S/c1-10-8-12(6-7-18(10)2)16-11-4-5-14(13(15)9-11)17-21(3,19)20/h4-5,9-10,12,16-17H,6-8H2,1-3H3. The minimum Gasteiger partial charge on any atom is -0.382 e. The first-order valence-corrected chi connectivity index (χ1v) is 9.25. The Bertz CT molecular complexity index is 606. The molecule has 21 heavy (non-hydrogen) atoms. The van der Waals surface area contributed by atoms with Gasteiger partial charge in [0.2, 0.25) is 10.0 Å². The highest BCUT2D eigenvalue weighted by molar-refractivity contribution is 7.92. The SMILES string of the molecule is CC1CC(Nc2ccc(NS(C)(=O)=O)c(Cl)c2)CCN1C. The van der Waals surface area contributed by atoms with Gasteiger partial charge in [0.05, 0.1) is 17.0 Å². The quantitative estimate of drug-likeness (QED) is 0.890. The molecule has 1 saturated heterocycles.